The lowest BCUT2D eigenvalue weighted by molar-refractivity contribution is 0.0963. The maximum Gasteiger partial charge on any atom is 0.409 e. The van der Waals surface area contributed by atoms with E-state index in [-0.39, 0.29) is 12.1 Å². The number of carbonyl (C=O) groups excluding carboxylic acids is 1. The van der Waals surface area contributed by atoms with Crippen LogP contribution in [0, 0.1) is 5.92 Å². The van der Waals surface area contributed by atoms with Gasteiger partial charge in [0.15, 0.2) is 5.96 Å². The average molecular weight is 325 g/mol. The Bertz CT molecular complexity index is 413. The molecule has 132 valence electrons. The van der Waals surface area contributed by atoms with Crippen molar-refractivity contribution in [1.29, 1.82) is 0 Å². The van der Waals surface area contributed by atoms with E-state index in [0.717, 1.165) is 25.3 Å². The van der Waals surface area contributed by atoms with Crippen LogP contribution in [0.5, 0.6) is 0 Å². The molecule has 0 aromatic heterocycles. The van der Waals surface area contributed by atoms with Gasteiger partial charge >= 0.3 is 6.09 Å². The predicted octanol–water partition coefficient (Wildman–Crippen LogP) is 0.852. The van der Waals surface area contributed by atoms with E-state index in [1.807, 2.05) is 6.92 Å². The first-order valence-corrected chi connectivity index (χ1v) is 8.65. The van der Waals surface area contributed by atoms with E-state index in [1.54, 1.807) is 4.90 Å². The van der Waals surface area contributed by atoms with Crippen LogP contribution >= 0.6 is 0 Å². The topological polar surface area (TPSA) is 83.2 Å². The maximum absolute atomic E-state index is 11.7. The highest BCUT2D eigenvalue weighted by Gasteiger charge is 2.32. The second-order valence-corrected chi connectivity index (χ2v) is 6.70. The number of likely N-dealkylation sites (N-methyl/N-ethyl adjacent to an activating group) is 1. The van der Waals surface area contributed by atoms with Gasteiger partial charge in [-0.25, -0.2) is 4.79 Å². The average Bonchev–Trinajstić information content (AvgIpc) is 3.33. The molecule has 1 heterocycles. The number of hydrogen-bond acceptors (Lipinski definition) is 4. The van der Waals surface area contributed by atoms with Crippen molar-refractivity contribution in [2.24, 2.45) is 16.6 Å². The number of guanidine groups is 1. The number of carbonyl (C=O) groups is 1. The molecule has 1 atom stereocenters. The minimum absolute atomic E-state index is 0.217. The zero-order valence-corrected chi connectivity index (χ0v) is 14.6. The Hall–Kier alpha value is -1.50. The highest BCUT2D eigenvalue weighted by molar-refractivity contribution is 5.78. The number of piperidine rings is 1. The summed E-state index contributed by atoms with van der Waals surface area (Å²) in [6.45, 7) is 4.40. The molecule has 1 saturated carbocycles. The van der Waals surface area contributed by atoms with Gasteiger partial charge in [0.1, 0.15) is 0 Å². The summed E-state index contributed by atoms with van der Waals surface area (Å²) in [6, 6.07) is 0.768. The van der Waals surface area contributed by atoms with Gasteiger partial charge in [-0.15, -0.1) is 0 Å². The molecular formula is C16H31N5O2. The van der Waals surface area contributed by atoms with Gasteiger partial charge in [-0.05, 0) is 52.6 Å². The number of rotatable bonds is 6. The lowest BCUT2D eigenvalue weighted by Crippen LogP contribution is -2.48. The Morgan fingerprint density at radius 2 is 2.00 bits per heavy atom. The van der Waals surface area contributed by atoms with Gasteiger partial charge in [0.05, 0.1) is 13.2 Å². The lowest BCUT2D eigenvalue weighted by Gasteiger charge is -2.32. The van der Waals surface area contributed by atoms with Gasteiger partial charge in [-0.2, -0.15) is 0 Å². The Balaban J connectivity index is 1.72. The van der Waals surface area contributed by atoms with Gasteiger partial charge in [0, 0.05) is 25.2 Å². The Morgan fingerprint density at radius 1 is 1.35 bits per heavy atom. The number of hydrogen-bond donors (Lipinski definition) is 2. The quantitative estimate of drug-likeness (QED) is 0.559. The van der Waals surface area contributed by atoms with E-state index in [2.05, 4.69) is 29.3 Å². The summed E-state index contributed by atoms with van der Waals surface area (Å²) in [5.41, 5.74) is 6.03. The number of nitrogens with one attached hydrogen (secondary N) is 1. The third kappa shape index (κ3) is 5.57. The molecule has 1 amide bonds. The number of likely N-dealkylation sites (tertiary alicyclic amines) is 1. The van der Waals surface area contributed by atoms with Crippen LogP contribution in [0.2, 0.25) is 0 Å². The van der Waals surface area contributed by atoms with E-state index in [9.17, 15) is 4.79 Å². The van der Waals surface area contributed by atoms with E-state index in [1.165, 1.54) is 12.8 Å². The normalized spacial score (nSPS) is 21.4. The zero-order valence-electron chi connectivity index (χ0n) is 14.6. The van der Waals surface area contributed by atoms with Gasteiger partial charge in [0.25, 0.3) is 0 Å². The van der Waals surface area contributed by atoms with E-state index < -0.39 is 0 Å². The van der Waals surface area contributed by atoms with Crippen LogP contribution < -0.4 is 11.1 Å². The van der Waals surface area contributed by atoms with Crippen molar-refractivity contribution in [3.8, 4) is 0 Å². The van der Waals surface area contributed by atoms with Crippen LogP contribution in [0.25, 0.3) is 0 Å². The maximum atomic E-state index is 11.7. The standard InChI is InChI=1S/C16H31N5O2/c1-4-23-16(22)21-9-7-13(8-10-21)19-15(17)18-11-14(20(2)3)12-5-6-12/h12-14H,4-11H2,1-3H3,(H3,17,18,19). The highest BCUT2D eigenvalue weighted by Crippen LogP contribution is 2.34. The van der Waals surface area contributed by atoms with E-state index >= 15 is 0 Å². The van der Waals surface area contributed by atoms with Gasteiger partial charge < -0.3 is 25.6 Å². The lowest BCUT2D eigenvalue weighted by atomic mass is 10.1. The summed E-state index contributed by atoms with van der Waals surface area (Å²) in [5.74, 6) is 1.29. The van der Waals surface area contributed by atoms with Crippen LogP contribution in [-0.2, 0) is 4.74 Å². The van der Waals surface area contributed by atoms with Crippen molar-refractivity contribution < 1.29 is 9.53 Å². The van der Waals surface area contributed by atoms with Crippen LogP contribution in [-0.4, -0.2) is 74.3 Å². The van der Waals surface area contributed by atoms with E-state index in [4.69, 9.17) is 10.5 Å². The highest BCUT2D eigenvalue weighted by atomic mass is 16.6. The SMILES string of the molecule is CCOC(=O)N1CCC(NC(N)=NCC(C2CC2)N(C)C)CC1. The molecule has 7 heteroatoms. The smallest absolute Gasteiger partial charge is 0.409 e. The molecule has 0 radical (unpaired) electrons. The molecule has 0 bridgehead atoms. The fourth-order valence-corrected chi connectivity index (χ4v) is 3.08. The molecule has 1 aliphatic heterocycles. The first-order valence-electron chi connectivity index (χ1n) is 8.65. The monoisotopic (exact) mass is 325 g/mol. The van der Waals surface area contributed by atoms with Gasteiger partial charge in [-0.1, -0.05) is 0 Å². The molecule has 1 saturated heterocycles. The van der Waals surface area contributed by atoms with Crippen molar-refractivity contribution in [3.05, 3.63) is 0 Å². The van der Waals surface area contributed by atoms with Gasteiger partial charge in [-0.3, -0.25) is 4.99 Å². The number of amides is 1. The predicted molar refractivity (Wildman–Crippen MR) is 91.4 cm³/mol. The summed E-state index contributed by atoms with van der Waals surface area (Å²) < 4.78 is 5.03. The van der Waals surface area contributed by atoms with Crippen molar-refractivity contribution in [3.63, 3.8) is 0 Å². The molecule has 2 aliphatic rings. The van der Waals surface area contributed by atoms with Crippen LogP contribution in [0.4, 0.5) is 4.79 Å². The van der Waals surface area contributed by atoms with Crippen LogP contribution in [0.15, 0.2) is 4.99 Å². The first kappa shape index (κ1) is 17.8. The molecule has 3 N–H and O–H groups in total. The molecular weight excluding hydrogens is 294 g/mol. The number of aliphatic imine (C=N–C) groups is 1. The summed E-state index contributed by atoms with van der Waals surface area (Å²) >= 11 is 0. The molecule has 2 rings (SSSR count). The number of ether oxygens (including phenoxy) is 1. The molecule has 2 fully saturated rings. The summed E-state index contributed by atoms with van der Waals surface area (Å²) in [5, 5.41) is 3.29. The molecule has 0 aromatic carbocycles. The fraction of sp³-hybridized carbons (Fsp3) is 0.875. The van der Waals surface area contributed by atoms with Crippen molar-refractivity contribution >= 4 is 12.1 Å². The first-order chi connectivity index (χ1) is 11.0. The minimum atomic E-state index is -0.217. The number of nitrogens with zero attached hydrogens (tertiary/aromatic N) is 3. The molecule has 1 unspecified atom stereocenters. The molecule has 23 heavy (non-hydrogen) atoms. The second-order valence-electron chi connectivity index (χ2n) is 6.70. The van der Waals surface area contributed by atoms with E-state index in [0.29, 0.717) is 31.7 Å². The molecule has 0 spiro atoms. The van der Waals surface area contributed by atoms with Crippen LogP contribution in [0.1, 0.15) is 32.6 Å². The van der Waals surface area contributed by atoms with Crippen molar-refractivity contribution in [1.82, 2.24) is 15.1 Å². The molecule has 7 nitrogen and oxygen atoms in total. The summed E-state index contributed by atoms with van der Waals surface area (Å²) in [6.07, 6.45) is 4.13. The molecule has 0 aromatic rings. The van der Waals surface area contributed by atoms with Crippen molar-refractivity contribution in [2.45, 2.75) is 44.7 Å². The zero-order chi connectivity index (χ0) is 16.8. The Morgan fingerprint density at radius 3 is 2.52 bits per heavy atom. The minimum Gasteiger partial charge on any atom is -0.450 e. The Kier molecular flexibility index (Phi) is 6.50. The summed E-state index contributed by atoms with van der Waals surface area (Å²) in [4.78, 5) is 20.2. The number of nitrogens with two attached hydrogens (primary N) is 1. The third-order valence-corrected chi connectivity index (χ3v) is 4.65. The van der Waals surface area contributed by atoms with Crippen LogP contribution in [0.3, 0.4) is 0 Å². The summed E-state index contributed by atoms with van der Waals surface area (Å²) in [7, 11) is 4.21. The second kappa shape index (κ2) is 8.38. The largest absolute Gasteiger partial charge is 0.450 e. The fourth-order valence-electron chi connectivity index (χ4n) is 3.08. The van der Waals surface area contributed by atoms with Gasteiger partial charge in [0.2, 0.25) is 0 Å². The Labute approximate surface area is 139 Å². The van der Waals surface area contributed by atoms with Crippen molar-refractivity contribution in [2.75, 3.05) is 40.3 Å². The third-order valence-electron chi connectivity index (χ3n) is 4.65. The molecule has 1 aliphatic carbocycles.